The van der Waals surface area contributed by atoms with Gasteiger partial charge in [0.1, 0.15) is 11.5 Å². The van der Waals surface area contributed by atoms with Gasteiger partial charge in [0.05, 0.1) is 6.20 Å². The smallest absolute Gasteiger partial charge is 0.180 e. The fourth-order valence-electron chi connectivity index (χ4n) is 2.70. The summed E-state index contributed by atoms with van der Waals surface area (Å²) in [6.07, 6.45) is 9.98. The van der Waals surface area contributed by atoms with Crippen molar-refractivity contribution in [3.8, 4) is 0 Å². The summed E-state index contributed by atoms with van der Waals surface area (Å²) < 4.78 is 1.68. The number of nitrogens with zero attached hydrogens (tertiary/aromatic N) is 3. The molecular weight excluding hydrogens is 352 g/mol. The molecule has 0 aliphatic heterocycles. The zero-order chi connectivity index (χ0) is 20.5. The molecule has 0 aliphatic rings. The number of hydrogen-bond acceptors (Lipinski definition) is 7. The third-order valence-electron chi connectivity index (χ3n) is 4.21. The van der Waals surface area contributed by atoms with Crippen LogP contribution < -0.4 is 10.6 Å². The van der Waals surface area contributed by atoms with Gasteiger partial charge >= 0.3 is 0 Å². The van der Waals surface area contributed by atoms with E-state index in [1.807, 2.05) is 12.3 Å². The number of anilines is 2. The van der Waals surface area contributed by atoms with E-state index >= 15 is 0 Å². The number of hydrogen-bond donors (Lipinski definition) is 5. The Bertz CT molecular complexity index is 862. The van der Waals surface area contributed by atoms with Crippen LogP contribution >= 0.6 is 0 Å². The zero-order valence-corrected chi connectivity index (χ0v) is 16.8. The highest BCUT2D eigenvalue weighted by Crippen LogP contribution is 2.17. The summed E-state index contributed by atoms with van der Waals surface area (Å²) in [5.41, 5.74) is 2.40. The average molecular weight is 383 g/mol. The van der Waals surface area contributed by atoms with Crippen LogP contribution in [0.3, 0.4) is 0 Å². The molecule has 2 heterocycles. The third-order valence-corrected chi connectivity index (χ3v) is 4.21. The van der Waals surface area contributed by atoms with Crippen LogP contribution in [0.5, 0.6) is 0 Å². The van der Waals surface area contributed by atoms with Crippen molar-refractivity contribution in [1.82, 2.24) is 14.6 Å². The predicted molar refractivity (Wildman–Crippen MR) is 116 cm³/mol. The van der Waals surface area contributed by atoms with Gasteiger partial charge in [-0.05, 0) is 25.3 Å². The number of allylic oxidation sites excluding steroid dienone is 1. The highest BCUT2D eigenvalue weighted by atomic mass is 15.3. The largest absolute Gasteiger partial charge is 0.370 e. The van der Waals surface area contributed by atoms with Crippen molar-refractivity contribution in [3.05, 3.63) is 30.2 Å². The number of aromatic nitrogens is 3. The summed E-state index contributed by atoms with van der Waals surface area (Å²) in [7, 11) is 0. The monoisotopic (exact) mass is 382 g/mol. The van der Waals surface area contributed by atoms with Crippen LogP contribution in [0.15, 0.2) is 30.2 Å². The summed E-state index contributed by atoms with van der Waals surface area (Å²) in [6, 6.07) is 1.90. The summed E-state index contributed by atoms with van der Waals surface area (Å²) in [5, 5.41) is 33.7. The Morgan fingerprint density at radius 3 is 2.75 bits per heavy atom. The first kappa shape index (κ1) is 21.3. The van der Waals surface area contributed by atoms with Gasteiger partial charge in [0.15, 0.2) is 5.65 Å². The van der Waals surface area contributed by atoms with Crippen molar-refractivity contribution in [1.29, 1.82) is 16.2 Å². The molecule has 28 heavy (non-hydrogen) atoms. The second-order valence-electron chi connectivity index (χ2n) is 7.28. The lowest BCUT2D eigenvalue weighted by atomic mass is 10.1. The fraction of sp³-hybridized carbons (Fsp3) is 0.450. The van der Waals surface area contributed by atoms with Gasteiger partial charge in [-0.3, -0.25) is 0 Å². The van der Waals surface area contributed by atoms with E-state index in [0.717, 1.165) is 30.9 Å². The molecule has 0 spiro atoms. The lowest BCUT2D eigenvalue weighted by molar-refractivity contribution is 0.544. The third kappa shape index (κ3) is 6.29. The van der Waals surface area contributed by atoms with Crippen LogP contribution in [-0.2, 0) is 0 Å². The van der Waals surface area contributed by atoms with Gasteiger partial charge < -0.3 is 26.9 Å². The second-order valence-corrected chi connectivity index (χ2v) is 7.28. The second kappa shape index (κ2) is 10.3. The molecule has 0 unspecified atom stereocenters. The molecule has 8 heteroatoms. The Kier molecular flexibility index (Phi) is 7.86. The van der Waals surface area contributed by atoms with Gasteiger partial charge in [-0.2, -0.15) is 5.10 Å². The van der Waals surface area contributed by atoms with Gasteiger partial charge in [0.2, 0.25) is 0 Å². The Labute approximate surface area is 166 Å². The minimum Gasteiger partial charge on any atom is -0.370 e. The molecule has 0 bridgehead atoms. The van der Waals surface area contributed by atoms with Gasteiger partial charge in [-0.25, -0.2) is 9.50 Å². The maximum atomic E-state index is 7.99. The van der Waals surface area contributed by atoms with Crippen LogP contribution in [-0.4, -0.2) is 38.8 Å². The van der Waals surface area contributed by atoms with Crippen molar-refractivity contribution in [3.63, 3.8) is 0 Å². The summed E-state index contributed by atoms with van der Waals surface area (Å²) in [6.45, 7) is 7.01. The van der Waals surface area contributed by atoms with E-state index in [-0.39, 0.29) is 12.1 Å². The zero-order valence-electron chi connectivity index (χ0n) is 16.8. The lowest BCUT2D eigenvalue weighted by Crippen LogP contribution is -2.09. The van der Waals surface area contributed by atoms with Crippen LogP contribution in [0.25, 0.3) is 5.65 Å². The molecule has 0 saturated heterocycles. The van der Waals surface area contributed by atoms with E-state index in [0.29, 0.717) is 22.6 Å². The van der Waals surface area contributed by atoms with Gasteiger partial charge in [-0.1, -0.05) is 26.7 Å². The topological polar surface area (TPSA) is 126 Å². The molecular formula is C20H30N8. The number of unbranched alkanes of at least 4 members (excludes halogenated alkanes) is 1. The van der Waals surface area contributed by atoms with Crippen molar-refractivity contribution < 1.29 is 0 Å². The molecule has 8 nitrogen and oxygen atoms in total. The summed E-state index contributed by atoms with van der Waals surface area (Å²) >= 11 is 0. The minimum absolute atomic E-state index is 0.223. The van der Waals surface area contributed by atoms with Crippen molar-refractivity contribution in [2.24, 2.45) is 5.92 Å². The van der Waals surface area contributed by atoms with Crippen LogP contribution in [0.2, 0.25) is 0 Å². The normalized spacial score (nSPS) is 11.6. The Balaban J connectivity index is 2.05. The highest BCUT2D eigenvalue weighted by Gasteiger charge is 2.08. The standard InChI is InChI=1S/C20H30N8/c1-14(2)6-4-5-8-24-19-7-9-28-20(27-19)18(13-26-28)25-12-16(11-21)17(23)10-15(3)22/h7,9,11-14,21-23,25H,4-6,8,10H2,1-3H3,(H,24,27)/b16-12+,21-11?,22-15?,23-17?. The van der Waals surface area contributed by atoms with Gasteiger partial charge in [0.25, 0.3) is 0 Å². The fourth-order valence-corrected chi connectivity index (χ4v) is 2.70. The Hall–Kier alpha value is -3.03. The Morgan fingerprint density at radius 1 is 1.29 bits per heavy atom. The van der Waals surface area contributed by atoms with E-state index in [1.165, 1.54) is 12.8 Å². The highest BCUT2D eigenvalue weighted by molar-refractivity contribution is 6.19. The van der Waals surface area contributed by atoms with Crippen molar-refractivity contribution >= 4 is 34.8 Å². The van der Waals surface area contributed by atoms with E-state index in [9.17, 15) is 0 Å². The number of nitrogens with one attached hydrogen (secondary N) is 5. The average Bonchev–Trinajstić information content (AvgIpc) is 3.03. The molecule has 0 saturated carbocycles. The van der Waals surface area contributed by atoms with Crippen LogP contribution in [0, 0.1) is 22.1 Å². The summed E-state index contributed by atoms with van der Waals surface area (Å²) in [5.74, 6) is 1.53. The Morgan fingerprint density at radius 2 is 2.07 bits per heavy atom. The first-order valence-electron chi connectivity index (χ1n) is 9.58. The van der Waals surface area contributed by atoms with E-state index < -0.39 is 0 Å². The van der Waals surface area contributed by atoms with Crippen LogP contribution in [0.1, 0.15) is 46.5 Å². The van der Waals surface area contributed by atoms with E-state index in [2.05, 4.69) is 34.6 Å². The maximum absolute atomic E-state index is 7.99. The first-order valence-corrected chi connectivity index (χ1v) is 9.58. The van der Waals surface area contributed by atoms with Crippen molar-refractivity contribution in [2.75, 3.05) is 17.2 Å². The molecule has 5 N–H and O–H groups in total. The van der Waals surface area contributed by atoms with Crippen molar-refractivity contribution in [2.45, 2.75) is 46.5 Å². The maximum Gasteiger partial charge on any atom is 0.180 e. The molecule has 2 aromatic rings. The predicted octanol–water partition coefficient (Wildman–Crippen LogP) is 4.36. The molecule has 0 radical (unpaired) electrons. The first-order chi connectivity index (χ1) is 13.4. The van der Waals surface area contributed by atoms with E-state index in [1.54, 1.807) is 23.8 Å². The quantitative estimate of drug-likeness (QED) is 0.276. The lowest BCUT2D eigenvalue weighted by Gasteiger charge is -2.08. The van der Waals surface area contributed by atoms with Gasteiger partial charge in [0, 0.05) is 48.6 Å². The number of fused-ring (bicyclic) bond motifs is 1. The molecule has 2 rings (SSSR count). The minimum atomic E-state index is 0.223. The van der Waals surface area contributed by atoms with Gasteiger partial charge in [-0.15, -0.1) is 0 Å². The van der Waals surface area contributed by atoms with Crippen LogP contribution in [0.4, 0.5) is 11.5 Å². The molecule has 2 aromatic heterocycles. The SMILES string of the molecule is CC(=N)CC(=N)/C(C=N)=C/Nc1cnn2ccc(NCCCCC(C)C)nc12. The molecule has 0 amide bonds. The van der Waals surface area contributed by atoms with E-state index in [4.69, 9.17) is 16.2 Å². The summed E-state index contributed by atoms with van der Waals surface area (Å²) in [4.78, 5) is 4.62. The molecule has 0 aromatic carbocycles. The number of rotatable bonds is 12. The molecule has 0 aliphatic carbocycles. The molecule has 150 valence electrons. The molecule has 0 atom stereocenters. The molecule has 0 fully saturated rings.